The Balaban J connectivity index is 2.06. The first kappa shape index (κ1) is 34.7. The van der Waals surface area contributed by atoms with Crippen LogP contribution in [0.25, 0.3) is 0 Å². The van der Waals surface area contributed by atoms with E-state index in [1.54, 1.807) is 61.5 Å². The zero-order chi connectivity index (χ0) is 31.7. The molecular weight excluding hydrogens is 677 g/mol. The van der Waals surface area contributed by atoms with Crippen LogP contribution >= 0.6 is 39.1 Å². The van der Waals surface area contributed by atoms with Crippen LogP contribution in [0.15, 0.2) is 76.1 Å². The second-order valence-electron chi connectivity index (χ2n) is 10.2. The van der Waals surface area contributed by atoms with Gasteiger partial charge in [0.2, 0.25) is 11.8 Å². The molecule has 1 atom stereocenters. The molecule has 8 nitrogen and oxygen atoms in total. The highest BCUT2D eigenvalue weighted by molar-refractivity contribution is 9.10. The molecule has 0 radical (unpaired) electrons. The third-order valence-corrected chi connectivity index (χ3v) is 9.58. The molecule has 3 aromatic carbocycles. The number of sulfonamides is 1. The molecule has 3 rings (SSSR count). The summed E-state index contributed by atoms with van der Waals surface area (Å²) in [5, 5.41) is 3.57. The van der Waals surface area contributed by atoms with Crippen LogP contribution in [0.2, 0.25) is 10.0 Å². The maximum Gasteiger partial charge on any atom is 0.264 e. The number of carbonyl (C=O) groups excluding carboxylic acids is 2. The van der Waals surface area contributed by atoms with Crippen LogP contribution in [0.4, 0.5) is 5.69 Å². The monoisotopic (exact) mass is 711 g/mol. The fourth-order valence-electron chi connectivity index (χ4n) is 4.31. The molecule has 0 bridgehead atoms. The minimum Gasteiger partial charge on any atom is -0.494 e. The van der Waals surface area contributed by atoms with Gasteiger partial charge in [0.25, 0.3) is 10.0 Å². The smallest absolute Gasteiger partial charge is 0.264 e. The van der Waals surface area contributed by atoms with Crippen molar-refractivity contribution in [2.24, 2.45) is 5.92 Å². The first-order valence-corrected chi connectivity index (χ1v) is 16.9. The van der Waals surface area contributed by atoms with Crippen LogP contribution < -0.4 is 14.4 Å². The van der Waals surface area contributed by atoms with Gasteiger partial charge < -0.3 is 15.0 Å². The summed E-state index contributed by atoms with van der Waals surface area (Å²) in [6.45, 7) is 7.93. The van der Waals surface area contributed by atoms with Crippen LogP contribution in [0.1, 0.15) is 39.7 Å². The Morgan fingerprint density at radius 1 is 0.953 bits per heavy atom. The lowest BCUT2D eigenvalue weighted by Gasteiger charge is -2.33. The van der Waals surface area contributed by atoms with Crippen LogP contribution in [-0.4, -0.2) is 50.9 Å². The van der Waals surface area contributed by atoms with Crippen LogP contribution in [0, 0.1) is 5.92 Å². The molecule has 2 amide bonds. The van der Waals surface area contributed by atoms with E-state index in [0.717, 1.165) is 4.31 Å². The van der Waals surface area contributed by atoms with Crippen LogP contribution in [-0.2, 0) is 26.2 Å². The van der Waals surface area contributed by atoms with E-state index in [0.29, 0.717) is 45.4 Å². The van der Waals surface area contributed by atoms with E-state index in [2.05, 4.69) is 21.2 Å². The molecule has 232 valence electrons. The molecular formula is C31H36BrCl2N3O5S. The Labute approximate surface area is 272 Å². The molecule has 12 heteroatoms. The van der Waals surface area contributed by atoms with Gasteiger partial charge in [-0.15, -0.1) is 0 Å². The number of hydrogen-bond acceptors (Lipinski definition) is 5. The fraction of sp³-hybridized carbons (Fsp3) is 0.355. The topological polar surface area (TPSA) is 96.0 Å². The number of benzene rings is 3. The maximum absolute atomic E-state index is 14.2. The fourth-order valence-corrected chi connectivity index (χ4v) is 6.31. The van der Waals surface area contributed by atoms with Crippen molar-refractivity contribution >= 4 is 66.7 Å². The summed E-state index contributed by atoms with van der Waals surface area (Å²) in [4.78, 5) is 28.9. The number of nitrogens with zero attached hydrogens (tertiary/aromatic N) is 2. The minimum atomic E-state index is -4.20. The van der Waals surface area contributed by atoms with E-state index in [1.807, 2.05) is 20.8 Å². The lowest BCUT2D eigenvalue weighted by atomic mass is 10.1. The van der Waals surface area contributed by atoms with E-state index >= 15 is 0 Å². The minimum absolute atomic E-state index is 0.00938. The highest BCUT2D eigenvalue weighted by atomic mass is 79.9. The van der Waals surface area contributed by atoms with E-state index < -0.39 is 28.5 Å². The lowest BCUT2D eigenvalue weighted by molar-refractivity contribution is -0.140. The number of hydrogen-bond donors (Lipinski definition) is 1. The van der Waals surface area contributed by atoms with Crippen molar-refractivity contribution in [1.29, 1.82) is 0 Å². The summed E-state index contributed by atoms with van der Waals surface area (Å²) in [5.74, 6) is -0.125. The van der Waals surface area contributed by atoms with Gasteiger partial charge in [0, 0.05) is 17.6 Å². The van der Waals surface area contributed by atoms with Crippen molar-refractivity contribution in [2.45, 2.75) is 51.6 Å². The van der Waals surface area contributed by atoms with E-state index in [9.17, 15) is 18.0 Å². The van der Waals surface area contributed by atoms with Gasteiger partial charge in [-0.3, -0.25) is 13.9 Å². The van der Waals surface area contributed by atoms with Crippen LogP contribution in [0.3, 0.4) is 0 Å². The average Bonchev–Trinajstić information content (AvgIpc) is 2.97. The van der Waals surface area contributed by atoms with Gasteiger partial charge in [-0.2, -0.15) is 0 Å². The molecule has 0 spiro atoms. The number of ether oxygens (including phenoxy) is 1. The van der Waals surface area contributed by atoms with Crippen molar-refractivity contribution in [2.75, 3.05) is 24.0 Å². The third kappa shape index (κ3) is 9.35. The summed E-state index contributed by atoms with van der Waals surface area (Å²) in [7, 11) is -4.20. The molecule has 1 N–H and O–H groups in total. The zero-order valence-electron chi connectivity index (χ0n) is 24.5. The van der Waals surface area contributed by atoms with Gasteiger partial charge in [-0.05, 0) is 85.5 Å². The second kappa shape index (κ2) is 15.8. The molecule has 0 aromatic heterocycles. The highest BCUT2D eigenvalue weighted by Crippen LogP contribution is 2.28. The Morgan fingerprint density at radius 3 is 2.16 bits per heavy atom. The standard InChI is InChI=1S/C31H36BrCl2N3O5S/c1-5-29(31(39)35-18-21(3)4)36(19-22-7-16-27(33)28(34)17-22)30(38)20-37(24-10-12-25(13-11-24)42-6-2)43(40,41)26-14-8-23(32)9-15-26/h7-17,21,29H,5-6,18-20H2,1-4H3,(H,35,39). The summed E-state index contributed by atoms with van der Waals surface area (Å²) >= 11 is 15.7. The summed E-state index contributed by atoms with van der Waals surface area (Å²) < 4.78 is 35.3. The molecule has 43 heavy (non-hydrogen) atoms. The molecule has 0 saturated heterocycles. The Bertz CT molecular complexity index is 1500. The Kier molecular flexibility index (Phi) is 12.7. The second-order valence-corrected chi connectivity index (χ2v) is 13.8. The summed E-state index contributed by atoms with van der Waals surface area (Å²) in [6.07, 6.45) is 0.305. The quantitative estimate of drug-likeness (QED) is 0.196. The van der Waals surface area contributed by atoms with Gasteiger partial charge >= 0.3 is 0 Å². The molecule has 1 unspecified atom stereocenters. The average molecular weight is 714 g/mol. The van der Waals surface area contributed by atoms with E-state index in [4.69, 9.17) is 27.9 Å². The van der Waals surface area contributed by atoms with E-state index in [-0.39, 0.29) is 29.0 Å². The number of anilines is 1. The largest absolute Gasteiger partial charge is 0.494 e. The predicted octanol–water partition coefficient (Wildman–Crippen LogP) is 6.93. The first-order valence-electron chi connectivity index (χ1n) is 13.9. The van der Waals surface area contributed by atoms with Crippen molar-refractivity contribution in [3.63, 3.8) is 0 Å². The normalized spacial score (nSPS) is 12.1. The zero-order valence-corrected chi connectivity index (χ0v) is 28.4. The van der Waals surface area contributed by atoms with Crippen molar-refractivity contribution in [3.8, 4) is 5.75 Å². The number of nitrogens with one attached hydrogen (secondary N) is 1. The van der Waals surface area contributed by atoms with Gasteiger partial charge in [0.15, 0.2) is 0 Å². The maximum atomic E-state index is 14.2. The number of rotatable bonds is 14. The van der Waals surface area contributed by atoms with E-state index in [1.165, 1.54) is 17.0 Å². The predicted molar refractivity (Wildman–Crippen MR) is 175 cm³/mol. The molecule has 0 aliphatic rings. The van der Waals surface area contributed by atoms with Crippen molar-refractivity contribution < 1.29 is 22.7 Å². The Hall–Kier alpha value is -2.79. The number of carbonyl (C=O) groups is 2. The SMILES string of the molecule is CCOc1ccc(N(CC(=O)N(Cc2ccc(Cl)c(Cl)c2)C(CC)C(=O)NCC(C)C)S(=O)(=O)c2ccc(Br)cc2)cc1. The van der Waals surface area contributed by atoms with Gasteiger partial charge in [-0.25, -0.2) is 8.42 Å². The highest BCUT2D eigenvalue weighted by Gasteiger charge is 2.33. The van der Waals surface area contributed by atoms with Crippen molar-refractivity contribution in [1.82, 2.24) is 10.2 Å². The molecule has 0 aliphatic heterocycles. The molecule has 0 aliphatic carbocycles. The first-order chi connectivity index (χ1) is 20.4. The summed E-state index contributed by atoms with van der Waals surface area (Å²) in [5.41, 5.74) is 0.910. The summed E-state index contributed by atoms with van der Waals surface area (Å²) in [6, 6.07) is 16.7. The molecule has 0 heterocycles. The van der Waals surface area contributed by atoms with Crippen LogP contribution in [0.5, 0.6) is 5.75 Å². The van der Waals surface area contributed by atoms with Crippen molar-refractivity contribution in [3.05, 3.63) is 86.8 Å². The third-order valence-electron chi connectivity index (χ3n) is 6.52. The molecule has 0 fully saturated rings. The van der Waals surface area contributed by atoms with Gasteiger partial charge in [0.1, 0.15) is 18.3 Å². The molecule has 3 aromatic rings. The number of amides is 2. The lowest BCUT2D eigenvalue weighted by Crippen LogP contribution is -2.52. The molecule has 0 saturated carbocycles. The van der Waals surface area contributed by atoms with Gasteiger partial charge in [-0.1, -0.05) is 66.0 Å². The van der Waals surface area contributed by atoms with Gasteiger partial charge in [0.05, 0.1) is 27.2 Å². The Morgan fingerprint density at radius 2 is 1.60 bits per heavy atom. The number of halogens is 3.